The zero-order valence-electron chi connectivity index (χ0n) is 9.11. The zero-order valence-corrected chi connectivity index (χ0v) is 9.11. The normalized spacial score (nSPS) is 21.1. The molecular formula is C13H16N2. The second-order valence-electron chi connectivity index (χ2n) is 4.32. The zero-order chi connectivity index (χ0) is 10.7. The molecule has 1 atom stereocenters. The molecular weight excluding hydrogens is 184 g/mol. The van der Waals surface area contributed by atoms with E-state index in [0.29, 0.717) is 0 Å². The van der Waals surface area contributed by atoms with E-state index in [2.05, 4.69) is 24.0 Å². The van der Waals surface area contributed by atoms with Gasteiger partial charge in [-0.2, -0.15) is 5.26 Å². The summed E-state index contributed by atoms with van der Waals surface area (Å²) in [6.07, 6.45) is 2.55. The number of hydrogen-bond acceptors (Lipinski definition) is 2. The Balaban J connectivity index is 2.25. The van der Waals surface area contributed by atoms with E-state index in [1.165, 1.54) is 12.8 Å². The first kappa shape index (κ1) is 10.0. The fourth-order valence-corrected chi connectivity index (χ4v) is 2.25. The van der Waals surface area contributed by atoms with Gasteiger partial charge in [-0.05, 0) is 30.9 Å². The number of rotatable bonds is 1. The molecule has 15 heavy (non-hydrogen) atoms. The Kier molecular flexibility index (Phi) is 2.91. The van der Waals surface area contributed by atoms with Gasteiger partial charge in [0.2, 0.25) is 0 Å². The summed E-state index contributed by atoms with van der Waals surface area (Å²) in [7, 11) is 0. The minimum atomic E-state index is 0.741. The van der Waals surface area contributed by atoms with Crippen LogP contribution in [0, 0.1) is 17.2 Å². The lowest BCUT2D eigenvalue weighted by Crippen LogP contribution is -2.34. The fraction of sp³-hybridized carbons (Fsp3) is 0.462. The van der Waals surface area contributed by atoms with E-state index in [-0.39, 0.29) is 0 Å². The predicted molar refractivity (Wildman–Crippen MR) is 61.8 cm³/mol. The van der Waals surface area contributed by atoms with Crippen molar-refractivity contribution >= 4 is 5.69 Å². The first-order valence-electron chi connectivity index (χ1n) is 5.55. The molecule has 2 nitrogen and oxygen atoms in total. The Bertz CT molecular complexity index is 378. The number of nitrogens with zero attached hydrogens (tertiary/aromatic N) is 2. The number of hydrogen-bond donors (Lipinski definition) is 0. The van der Waals surface area contributed by atoms with Crippen LogP contribution in [0.25, 0.3) is 0 Å². The highest BCUT2D eigenvalue weighted by Crippen LogP contribution is 2.25. The summed E-state index contributed by atoms with van der Waals surface area (Å²) in [6.45, 7) is 4.45. The molecule has 0 saturated carbocycles. The van der Waals surface area contributed by atoms with Crippen LogP contribution in [-0.4, -0.2) is 13.1 Å². The Morgan fingerprint density at radius 3 is 2.93 bits per heavy atom. The molecule has 1 saturated heterocycles. The fourth-order valence-electron chi connectivity index (χ4n) is 2.25. The maximum Gasteiger partial charge on any atom is 0.101 e. The maximum absolute atomic E-state index is 9.04. The van der Waals surface area contributed by atoms with Crippen molar-refractivity contribution in [3.8, 4) is 6.07 Å². The van der Waals surface area contributed by atoms with Crippen LogP contribution in [0.2, 0.25) is 0 Å². The molecule has 1 heterocycles. The number of anilines is 1. The van der Waals surface area contributed by atoms with Crippen molar-refractivity contribution in [3.05, 3.63) is 29.8 Å². The van der Waals surface area contributed by atoms with Gasteiger partial charge in [-0.1, -0.05) is 19.1 Å². The third-order valence-corrected chi connectivity index (χ3v) is 3.02. The largest absolute Gasteiger partial charge is 0.370 e. The Morgan fingerprint density at radius 2 is 2.20 bits per heavy atom. The molecule has 0 bridgehead atoms. The Hall–Kier alpha value is -1.49. The molecule has 0 N–H and O–H groups in total. The molecule has 1 aliphatic heterocycles. The summed E-state index contributed by atoms with van der Waals surface area (Å²) >= 11 is 0. The van der Waals surface area contributed by atoms with Crippen molar-refractivity contribution in [2.45, 2.75) is 19.8 Å². The van der Waals surface area contributed by atoms with E-state index in [1.54, 1.807) is 0 Å². The molecule has 1 aliphatic rings. The molecule has 0 aliphatic carbocycles. The Labute approximate surface area is 91.1 Å². The van der Waals surface area contributed by atoms with Gasteiger partial charge >= 0.3 is 0 Å². The molecule has 78 valence electrons. The van der Waals surface area contributed by atoms with Crippen molar-refractivity contribution < 1.29 is 0 Å². The number of piperidine rings is 1. The standard InChI is InChI=1S/C13H16N2/c1-11-5-4-8-15(10-11)13-7-3-2-6-12(13)9-14/h2-3,6-7,11H,4-5,8,10H2,1H3. The number of nitriles is 1. The van der Waals surface area contributed by atoms with Gasteiger partial charge in [0.05, 0.1) is 11.3 Å². The van der Waals surface area contributed by atoms with Crippen LogP contribution < -0.4 is 4.90 Å². The summed E-state index contributed by atoms with van der Waals surface area (Å²) < 4.78 is 0. The third kappa shape index (κ3) is 2.12. The van der Waals surface area contributed by atoms with E-state index in [1.807, 2.05) is 18.2 Å². The highest BCUT2D eigenvalue weighted by molar-refractivity contribution is 5.59. The average Bonchev–Trinajstić information content (AvgIpc) is 2.29. The number of para-hydroxylation sites is 1. The van der Waals surface area contributed by atoms with Gasteiger partial charge in [0.15, 0.2) is 0 Å². The van der Waals surface area contributed by atoms with E-state index in [4.69, 9.17) is 5.26 Å². The van der Waals surface area contributed by atoms with Crippen LogP contribution in [0.3, 0.4) is 0 Å². The SMILES string of the molecule is CC1CCCN(c2ccccc2C#N)C1. The van der Waals surface area contributed by atoms with Crippen LogP contribution in [0.4, 0.5) is 5.69 Å². The average molecular weight is 200 g/mol. The first-order valence-corrected chi connectivity index (χ1v) is 5.55. The van der Waals surface area contributed by atoms with Gasteiger partial charge in [-0.15, -0.1) is 0 Å². The molecule has 1 aromatic rings. The molecule has 0 radical (unpaired) electrons. The Morgan fingerprint density at radius 1 is 1.40 bits per heavy atom. The van der Waals surface area contributed by atoms with Crippen molar-refractivity contribution in [2.24, 2.45) is 5.92 Å². The summed E-state index contributed by atoms with van der Waals surface area (Å²) in [5.41, 5.74) is 1.90. The van der Waals surface area contributed by atoms with Gasteiger partial charge in [-0.25, -0.2) is 0 Å². The smallest absolute Gasteiger partial charge is 0.101 e. The highest BCUT2D eigenvalue weighted by Gasteiger charge is 2.18. The van der Waals surface area contributed by atoms with E-state index < -0.39 is 0 Å². The summed E-state index contributed by atoms with van der Waals surface area (Å²) in [5, 5.41) is 9.04. The summed E-state index contributed by atoms with van der Waals surface area (Å²) in [6, 6.07) is 10.2. The van der Waals surface area contributed by atoms with Crippen LogP contribution in [0.1, 0.15) is 25.3 Å². The maximum atomic E-state index is 9.04. The van der Waals surface area contributed by atoms with Crippen LogP contribution >= 0.6 is 0 Å². The minimum absolute atomic E-state index is 0.741. The van der Waals surface area contributed by atoms with Crippen LogP contribution in [0.5, 0.6) is 0 Å². The summed E-state index contributed by atoms with van der Waals surface area (Å²) in [4.78, 5) is 2.34. The second-order valence-corrected chi connectivity index (χ2v) is 4.32. The lowest BCUT2D eigenvalue weighted by atomic mass is 9.99. The quantitative estimate of drug-likeness (QED) is 0.697. The van der Waals surface area contributed by atoms with Gasteiger partial charge in [0, 0.05) is 13.1 Å². The minimum Gasteiger partial charge on any atom is -0.370 e. The van der Waals surface area contributed by atoms with E-state index >= 15 is 0 Å². The van der Waals surface area contributed by atoms with Gasteiger partial charge < -0.3 is 4.90 Å². The molecule has 0 amide bonds. The van der Waals surface area contributed by atoms with Crippen molar-refractivity contribution in [1.29, 1.82) is 5.26 Å². The van der Waals surface area contributed by atoms with E-state index in [0.717, 1.165) is 30.3 Å². The topological polar surface area (TPSA) is 27.0 Å². The van der Waals surface area contributed by atoms with Gasteiger partial charge in [0.1, 0.15) is 6.07 Å². The highest BCUT2D eigenvalue weighted by atomic mass is 15.1. The van der Waals surface area contributed by atoms with E-state index in [9.17, 15) is 0 Å². The monoisotopic (exact) mass is 200 g/mol. The molecule has 0 spiro atoms. The molecule has 1 fully saturated rings. The van der Waals surface area contributed by atoms with Gasteiger partial charge in [0.25, 0.3) is 0 Å². The second kappa shape index (κ2) is 4.35. The molecule has 1 aromatic carbocycles. The van der Waals surface area contributed by atoms with Gasteiger partial charge in [-0.3, -0.25) is 0 Å². The summed E-state index contributed by atoms with van der Waals surface area (Å²) in [5.74, 6) is 0.741. The van der Waals surface area contributed by atoms with Crippen LogP contribution in [-0.2, 0) is 0 Å². The lowest BCUT2D eigenvalue weighted by Gasteiger charge is -2.33. The predicted octanol–water partition coefficient (Wildman–Crippen LogP) is 2.79. The molecule has 1 unspecified atom stereocenters. The first-order chi connectivity index (χ1) is 7.31. The molecule has 2 rings (SSSR count). The molecule has 2 heteroatoms. The number of benzene rings is 1. The van der Waals surface area contributed by atoms with Crippen molar-refractivity contribution in [3.63, 3.8) is 0 Å². The third-order valence-electron chi connectivity index (χ3n) is 3.02. The van der Waals surface area contributed by atoms with Crippen molar-refractivity contribution in [2.75, 3.05) is 18.0 Å². The van der Waals surface area contributed by atoms with Crippen LogP contribution in [0.15, 0.2) is 24.3 Å². The van der Waals surface area contributed by atoms with Crippen molar-refractivity contribution in [1.82, 2.24) is 0 Å². The molecule has 0 aromatic heterocycles. The lowest BCUT2D eigenvalue weighted by molar-refractivity contribution is 0.446.